The van der Waals surface area contributed by atoms with Crippen molar-refractivity contribution >= 4 is 5.91 Å². The van der Waals surface area contributed by atoms with Gasteiger partial charge in [0.15, 0.2) is 11.5 Å². The van der Waals surface area contributed by atoms with Crippen LogP contribution in [0.5, 0.6) is 11.5 Å². The number of hydrogen-bond acceptors (Lipinski definition) is 4. The Hall–Kier alpha value is -2.53. The van der Waals surface area contributed by atoms with Crippen molar-refractivity contribution in [3.63, 3.8) is 0 Å². The highest BCUT2D eigenvalue weighted by Gasteiger charge is 2.30. The topological polar surface area (TPSA) is 42.0 Å². The van der Waals surface area contributed by atoms with Gasteiger partial charge in [0.05, 0.1) is 12.6 Å². The molecule has 1 fully saturated rings. The lowest BCUT2D eigenvalue weighted by Crippen LogP contribution is -2.39. The molecule has 2 heterocycles. The Balaban J connectivity index is 1.44. The molecule has 28 heavy (non-hydrogen) atoms. The molecule has 0 aliphatic carbocycles. The predicted octanol–water partition coefficient (Wildman–Crippen LogP) is 3.81. The first-order chi connectivity index (χ1) is 13.6. The molecule has 2 aliphatic heterocycles. The Labute approximate surface area is 166 Å². The number of benzene rings is 2. The first-order valence-electron chi connectivity index (χ1n) is 10.1. The summed E-state index contributed by atoms with van der Waals surface area (Å²) >= 11 is 0. The Morgan fingerprint density at radius 2 is 1.89 bits per heavy atom. The van der Waals surface area contributed by atoms with Crippen molar-refractivity contribution in [2.45, 2.75) is 31.8 Å². The molecule has 2 atom stereocenters. The van der Waals surface area contributed by atoms with Crippen molar-refractivity contribution in [3.05, 3.63) is 59.7 Å². The third-order valence-corrected chi connectivity index (χ3v) is 5.91. The summed E-state index contributed by atoms with van der Waals surface area (Å²) in [4.78, 5) is 17.1. The summed E-state index contributed by atoms with van der Waals surface area (Å²) in [5.41, 5.74) is 2.36. The third-order valence-electron chi connectivity index (χ3n) is 5.91. The number of carbonyl (C=O) groups is 1. The van der Waals surface area contributed by atoms with Gasteiger partial charge in [-0.2, -0.15) is 0 Å². The second kappa shape index (κ2) is 8.23. The Morgan fingerprint density at radius 1 is 1.14 bits per heavy atom. The lowest BCUT2D eigenvalue weighted by atomic mass is 10.0. The predicted molar refractivity (Wildman–Crippen MR) is 109 cm³/mol. The van der Waals surface area contributed by atoms with Crippen LogP contribution in [0, 0.1) is 0 Å². The molecule has 148 valence electrons. The molecule has 2 aromatic carbocycles. The highest BCUT2D eigenvalue weighted by Crippen LogP contribution is 2.38. The van der Waals surface area contributed by atoms with E-state index in [9.17, 15) is 4.79 Å². The number of likely N-dealkylation sites (tertiary alicyclic amines) is 1. The normalized spacial score (nSPS) is 20.0. The summed E-state index contributed by atoms with van der Waals surface area (Å²) in [5.74, 6) is 1.78. The number of likely N-dealkylation sites (N-methyl/N-ethyl adjacent to an activating group) is 1. The molecule has 2 aliphatic rings. The lowest BCUT2D eigenvalue weighted by molar-refractivity contribution is -0.133. The molecule has 4 rings (SSSR count). The van der Waals surface area contributed by atoms with Gasteiger partial charge in [0.1, 0.15) is 13.2 Å². The highest BCUT2D eigenvalue weighted by molar-refractivity contribution is 5.78. The highest BCUT2D eigenvalue weighted by atomic mass is 16.6. The van der Waals surface area contributed by atoms with E-state index >= 15 is 0 Å². The number of hydrogen-bond donors (Lipinski definition) is 0. The molecule has 0 bridgehead atoms. The zero-order valence-electron chi connectivity index (χ0n) is 16.6. The minimum absolute atomic E-state index is 0.0593. The molecular weight excluding hydrogens is 352 g/mol. The largest absolute Gasteiger partial charge is 0.486 e. The van der Waals surface area contributed by atoms with Crippen LogP contribution < -0.4 is 9.47 Å². The van der Waals surface area contributed by atoms with Gasteiger partial charge in [-0.05, 0) is 49.6 Å². The summed E-state index contributed by atoms with van der Waals surface area (Å²) in [6.45, 7) is 4.65. The standard InChI is InChI=1S/C23H28N2O3/c1-17(18-7-4-3-5-8-18)24(2)23(26)16-25-12-6-9-20(25)19-10-11-21-22(15-19)28-14-13-27-21/h3-5,7-8,10-11,15,17,20H,6,9,12-14,16H2,1-2H3. The van der Waals surface area contributed by atoms with E-state index in [1.165, 1.54) is 5.56 Å². The van der Waals surface area contributed by atoms with Gasteiger partial charge in [-0.25, -0.2) is 0 Å². The molecule has 0 radical (unpaired) electrons. The Morgan fingerprint density at radius 3 is 2.68 bits per heavy atom. The van der Waals surface area contributed by atoms with E-state index in [4.69, 9.17) is 9.47 Å². The van der Waals surface area contributed by atoms with Crippen LogP contribution in [-0.2, 0) is 4.79 Å². The number of carbonyl (C=O) groups excluding carboxylic acids is 1. The fourth-order valence-corrected chi connectivity index (χ4v) is 4.12. The second-order valence-corrected chi connectivity index (χ2v) is 7.62. The fraction of sp³-hybridized carbons (Fsp3) is 0.435. The zero-order valence-corrected chi connectivity index (χ0v) is 16.6. The zero-order chi connectivity index (χ0) is 19.5. The number of amides is 1. The molecule has 1 saturated heterocycles. The van der Waals surface area contributed by atoms with Crippen molar-refractivity contribution in [2.24, 2.45) is 0 Å². The van der Waals surface area contributed by atoms with Crippen LogP contribution in [0.15, 0.2) is 48.5 Å². The number of rotatable bonds is 5. The number of ether oxygens (including phenoxy) is 2. The van der Waals surface area contributed by atoms with E-state index in [1.807, 2.05) is 36.2 Å². The molecule has 0 N–H and O–H groups in total. The molecule has 2 aromatic rings. The van der Waals surface area contributed by atoms with E-state index in [0.717, 1.165) is 36.4 Å². The molecule has 0 spiro atoms. The summed E-state index contributed by atoms with van der Waals surface area (Å²) < 4.78 is 11.4. The fourth-order valence-electron chi connectivity index (χ4n) is 4.12. The number of nitrogens with zero attached hydrogens (tertiary/aromatic N) is 2. The van der Waals surface area contributed by atoms with Gasteiger partial charge in [-0.3, -0.25) is 9.69 Å². The lowest BCUT2D eigenvalue weighted by Gasteiger charge is -2.30. The van der Waals surface area contributed by atoms with Crippen molar-refractivity contribution in [1.29, 1.82) is 0 Å². The van der Waals surface area contributed by atoms with Crippen LogP contribution in [0.2, 0.25) is 0 Å². The van der Waals surface area contributed by atoms with Crippen LogP contribution in [0.3, 0.4) is 0 Å². The van der Waals surface area contributed by atoms with Gasteiger partial charge in [-0.1, -0.05) is 36.4 Å². The van der Waals surface area contributed by atoms with E-state index in [1.54, 1.807) is 0 Å². The summed E-state index contributed by atoms with van der Waals surface area (Å²) in [5, 5.41) is 0. The molecule has 0 saturated carbocycles. The smallest absolute Gasteiger partial charge is 0.237 e. The molecule has 2 unspecified atom stereocenters. The van der Waals surface area contributed by atoms with Crippen molar-refractivity contribution in [2.75, 3.05) is 33.4 Å². The number of fused-ring (bicyclic) bond motifs is 1. The van der Waals surface area contributed by atoms with Crippen LogP contribution in [-0.4, -0.2) is 49.1 Å². The molecule has 0 aromatic heterocycles. The molecular formula is C23H28N2O3. The maximum absolute atomic E-state index is 13.0. The summed E-state index contributed by atoms with van der Waals surface area (Å²) in [7, 11) is 1.90. The maximum Gasteiger partial charge on any atom is 0.237 e. The first-order valence-corrected chi connectivity index (χ1v) is 10.1. The van der Waals surface area contributed by atoms with Gasteiger partial charge in [0, 0.05) is 13.1 Å². The summed E-state index contributed by atoms with van der Waals surface area (Å²) in [6.07, 6.45) is 2.16. The van der Waals surface area contributed by atoms with Gasteiger partial charge >= 0.3 is 0 Å². The molecule has 5 nitrogen and oxygen atoms in total. The van der Waals surface area contributed by atoms with Crippen LogP contribution >= 0.6 is 0 Å². The first kappa shape index (κ1) is 18.8. The third kappa shape index (κ3) is 3.85. The summed E-state index contributed by atoms with van der Waals surface area (Å²) in [6, 6.07) is 16.7. The van der Waals surface area contributed by atoms with Crippen LogP contribution in [0.4, 0.5) is 0 Å². The van der Waals surface area contributed by atoms with E-state index < -0.39 is 0 Å². The molecule has 1 amide bonds. The second-order valence-electron chi connectivity index (χ2n) is 7.62. The van der Waals surface area contributed by atoms with Crippen molar-refractivity contribution < 1.29 is 14.3 Å². The molecule has 5 heteroatoms. The van der Waals surface area contributed by atoms with Crippen molar-refractivity contribution in [1.82, 2.24) is 9.80 Å². The van der Waals surface area contributed by atoms with Crippen LogP contribution in [0.25, 0.3) is 0 Å². The minimum Gasteiger partial charge on any atom is -0.486 e. The average Bonchev–Trinajstić information content (AvgIpc) is 3.21. The Kier molecular flexibility index (Phi) is 5.53. The van der Waals surface area contributed by atoms with Crippen LogP contribution in [0.1, 0.15) is 43.0 Å². The van der Waals surface area contributed by atoms with E-state index in [-0.39, 0.29) is 18.0 Å². The average molecular weight is 380 g/mol. The van der Waals surface area contributed by atoms with Crippen molar-refractivity contribution in [3.8, 4) is 11.5 Å². The van der Waals surface area contributed by atoms with E-state index in [0.29, 0.717) is 19.8 Å². The van der Waals surface area contributed by atoms with Gasteiger partial charge in [0.25, 0.3) is 0 Å². The Bertz CT molecular complexity index is 824. The monoisotopic (exact) mass is 380 g/mol. The van der Waals surface area contributed by atoms with Gasteiger partial charge in [0.2, 0.25) is 5.91 Å². The van der Waals surface area contributed by atoms with Gasteiger partial charge in [-0.15, -0.1) is 0 Å². The quantitative estimate of drug-likeness (QED) is 0.791. The van der Waals surface area contributed by atoms with Gasteiger partial charge < -0.3 is 14.4 Å². The van der Waals surface area contributed by atoms with E-state index in [2.05, 4.69) is 36.1 Å². The SMILES string of the molecule is CC(c1ccccc1)N(C)C(=O)CN1CCCC1c1ccc2c(c1)OCCO2. The maximum atomic E-state index is 13.0. The minimum atomic E-state index is 0.0593.